The number of nitrogens with one attached hydrogen (secondary N) is 2. The number of halogens is 1. The monoisotopic (exact) mass is 522 g/mol. The molecule has 0 unspecified atom stereocenters. The maximum absolute atomic E-state index is 5.69. The number of hydrogen-bond acceptors (Lipinski definition) is 4. The molecular weight excluding hydrogens is 491 g/mol. The van der Waals surface area contributed by atoms with Gasteiger partial charge >= 0.3 is 0 Å². The van der Waals surface area contributed by atoms with Gasteiger partial charge in [0.1, 0.15) is 5.75 Å². The Morgan fingerprint density at radius 2 is 2.07 bits per heavy atom. The first-order chi connectivity index (χ1) is 14.3. The van der Waals surface area contributed by atoms with Crippen LogP contribution in [0, 0.1) is 5.92 Å². The minimum Gasteiger partial charge on any atom is -0.493 e. The Kier molecular flexibility index (Phi) is 8.60. The molecule has 162 valence electrons. The van der Waals surface area contributed by atoms with Crippen LogP contribution in [-0.2, 0) is 19.4 Å². The molecule has 2 aliphatic rings. The lowest BCUT2D eigenvalue weighted by molar-refractivity contribution is 0.288. The Morgan fingerprint density at radius 1 is 1.20 bits per heavy atom. The molecule has 1 aliphatic heterocycles. The van der Waals surface area contributed by atoms with E-state index in [9.17, 15) is 0 Å². The number of guanidine groups is 1. The summed E-state index contributed by atoms with van der Waals surface area (Å²) in [6.45, 7) is 5.91. The van der Waals surface area contributed by atoms with Gasteiger partial charge in [-0.05, 0) is 54.9 Å². The smallest absolute Gasteiger partial charge is 0.213 e. The van der Waals surface area contributed by atoms with E-state index >= 15 is 0 Å². The van der Waals surface area contributed by atoms with Gasteiger partial charge in [-0.2, -0.15) is 0 Å². The van der Waals surface area contributed by atoms with E-state index in [1.54, 1.807) is 0 Å². The van der Waals surface area contributed by atoms with E-state index in [1.165, 1.54) is 24.0 Å². The van der Waals surface area contributed by atoms with Crippen LogP contribution in [0.1, 0.15) is 36.5 Å². The number of hydrogen-bond donors (Lipinski definition) is 2. The molecule has 0 saturated heterocycles. The number of nitrogens with zero attached hydrogens (tertiary/aromatic N) is 2. The minimum absolute atomic E-state index is 0. The Bertz CT molecular complexity index is 838. The molecule has 1 saturated carbocycles. The number of rotatable bonds is 9. The molecule has 0 bridgehead atoms. The Labute approximate surface area is 195 Å². The van der Waals surface area contributed by atoms with Crippen molar-refractivity contribution in [1.29, 1.82) is 0 Å². The quantitative estimate of drug-likeness (QED) is 0.299. The summed E-state index contributed by atoms with van der Waals surface area (Å²) in [6, 6.07) is 10.5. The number of aromatic nitrogens is 1. The predicted molar refractivity (Wildman–Crippen MR) is 130 cm³/mol. The molecule has 7 heteroatoms. The maximum atomic E-state index is 5.69. The van der Waals surface area contributed by atoms with Crippen molar-refractivity contribution in [3.05, 3.63) is 53.2 Å². The van der Waals surface area contributed by atoms with Crippen molar-refractivity contribution < 1.29 is 9.47 Å². The molecule has 30 heavy (non-hydrogen) atoms. The fourth-order valence-electron chi connectivity index (χ4n) is 3.31. The van der Waals surface area contributed by atoms with Gasteiger partial charge in [-0.15, -0.1) is 24.0 Å². The van der Waals surface area contributed by atoms with Gasteiger partial charge in [-0.3, -0.25) is 0 Å². The van der Waals surface area contributed by atoms with E-state index in [0.29, 0.717) is 12.4 Å². The largest absolute Gasteiger partial charge is 0.493 e. The first kappa shape index (κ1) is 22.7. The zero-order valence-corrected chi connectivity index (χ0v) is 19.9. The van der Waals surface area contributed by atoms with Gasteiger partial charge in [-0.25, -0.2) is 9.98 Å². The van der Waals surface area contributed by atoms with Crippen molar-refractivity contribution in [2.45, 2.75) is 39.2 Å². The van der Waals surface area contributed by atoms with Crippen LogP contribution in [0.5, 0.6) is 11.6 Å². The van der Waals surface area contributed by atoms with Gasteiger partial charge in [0.25, 0.3) is 0 Å². The lowest BCUT2D eigenvalue weighted by atomic mass is 10.1. The van der Waals surface area contributed by atoms with Crippen LogP contribution in [0.15, 0.2) is 41.5 Å². The summed E-state index contributed by atoms with van der Waals surface area (Å²) < 4.78 is 11.3. The van der Waals surface area contributed by atoms with Gasteiger partial charge in [0.2, 0.25) is 5.88 Å². The molecule has 1 fully saturated rings. The Balaban J connectivity index is 0.00000256. The molecule has 2 N–H and O–H groups in total. The van der Waals surface area contributed by atoms with E-state index < -0.39 is 0 Å². The highest BCUT2D eigenvalue weighted by Crippen LogP contribution is 2.29. The van der Waals surface area contributed by atoms with Crippen molar-refractivity contribution >= 4 is 29.9 Å². The third kappa shape index (κ3) is 6.75. The highest BCUT2D eigenvalue weighted by Gasteiger charge is 2.22. The molecule has 6 nitrogen and oxygen atoms in total. The topological polar surface area (TPSA) is 67.8 Å². The van der Waals surface area contributed by atoms with Crippen molar-refractivity contribution in [2.75, 3.05) is 26.3 Å². The van der Waals surface area contributed by atoms with Crippen LogP contribution in [0.2, 0.25) is 0 Å². The predicted octanol–water partition coefficient (Wildman–Crippen LogP) is 3.72. The van der Waals surface area contributed by atoms with E-state index in [4.69, 9.17) is 9.47 Å². The molecular formula is C23H31IN4O2. The number of ether oxygens (including phenoxy) is 2. The lowest BCUT2D eigenvalue weighted by Gasteiger charge is -2.12. The van der Waals surface area contributed by atoms with Crippen LogP contribution < -0.4 is 20.1 Å². The van der Waals surface area contributed by atoms with Gasteiger partial charge < -0.3 is 20.1 Å². The van der Waals surface area contributed by atoms with Gasteiger partial charge in [0, 0.05) is 31.8 Å². The normalized spacial score (nSPS) is 15.0. The van der Waals surface area contributed by atoms with E-state index in [-0.39, 0.29) is 24.0 Å². The van der Waals surface area contributed by atoms with Crippen LogP contribution >= 0.6 is 24.0 Å². The highest BCUT2D eigenvalue weighted by atomic mass is 127. The summed E-state index contributed by atoms with van der Waals surface area (Å²) >= 11 is 0. The SMILES string of the molecule is CCNC(=NCc1ccc(OCC2CC2)nc1)NCCc1ccc2c(c1)CCO2.I. The van der Waals surface area contributed by atoms with E-state index in [2.05, 4.69) is 45.7 Å². The molecule has 2 heterocycles. The molecule has 4 rings (SSSR count). The Hall–Kier alpha value is -2.03. The number of fused-ring (bicyclic) bond motifs is 1. The third-order valence-electron chi connectivity index (χ3n) is 5.19. The van der Waals surface area contributed by atoms with Crippen molar-refractivity contribution in [3.8, 4) is 11.6 Å². The van der Waals surface area contributed by atoms with Crippen LogP contribution in [-0.4, -0.2) is 37.2 Å². The molecule has 0 radical (unpaired) electrons. The molecule has 1 aliphatic carbocycles. The number of pyridine rings is 1. The van der Waals surface area contributed by atoms with Gasteiger partial charge in [0.15, 0.2) is 5.96 Å². The Morgan fingerprint density at radius 3 is 2.83 bits per heavy atom. The maximum Gasteiger partial charge on any atom is 0.213 e. The average molecular weight is 522 g/mol. The highest BCUT2D eigenvalue weighted by molar-refractivity contribution is 14.0. The zero-order valence-electron chi connectivity index (χ0n) is 17.5. The lowest BCUT2D eigenvalue weighted by Crippen LogP contribution is -2.38. The van der Waals surface area contributed by atoms with Crippen LogP contribution in [0.25, 0.3) is 0 Å². The van der Waals surface area contributed by atoms with E-state index in [0.717, 1.165) is 62.3 Å². The van der Waals surface area contributed by atoms with Gasteiger partial charge in [-0.1, -0.05) is 18.2 Å². The van der Waals surface area contributed by atoms with E-state index in [1.807, 2.05) is 18.3 Å². The van der Waals surface area contributed by atoms with Gasteiger partial charge in [0.05, 0.1) is 19.8 Å². The first-order valence-corrected chi connectivity index (χ1v) is 10.6. The summed E-state index contributed by atoms with van der Waals surface area (Å²) in [5.41, 5.74) is 3.71. The van der Waals surface area contributed by atoms with Crippen molar-refractivity contribution in [1.82, 2.24) is 15.6 Å². The number of aliphatic imine (C=N–C) groups is 1. The summed E-state index contributed by atoms with van der Waals surface area (Å²) in [5.74, 6) is 3.30. The molecule has 2 aromatic rings. The molecule has 1 aromatic carbocycles. The average Bonchev–Trinajstić information content (AvgIpc) is 3.46. The fraction of sp³-hybridized carbons (Fsp3) is 0.478. The van der Waals surface area contributed by atoms with Crippen LogP contribution in [0.4, 0.5) is 0 Å². The summed E-state index contributed by atoms with van der Waals surface area (Å²) in [6.07, 6.45) is 6.38. The summed E-state index contributed by atoms with van der Waals surface area (Å²) in [4.78, 5) is 9.07. The molecule has 0 atom stereocenters. The summed E-state index contributed by atoms with van der Waals surface area (Å²) in [5, 5.41) is 6.73. The molecule has 0 spiro atoms. The first-order valence-electron chi connectivity index (χ1n) is 10.6. The summed E-state index contributed by atoms with van der Waals surface area (Å²) in [7, 11) is 0. The second kappa shape index (κ2) is 11.4. The van der Waals surface area contributed by atoms with Crippen molar-refractivity contribution in [2.24, 2.45) is 10.9 Å². The van der Waals surface area contributed by atoms with Crippen molar-refractivity contribution in [3.63, 3.8) is 0 Å². The second-order valence-electron chi connectivity index (χ2n) is 7.67. The zero-order chi connectivity index (χ0) is 19.9. The number of benzene rings is 1. The second-order valence-corrected chi connectivity index (χ2v) is 7.67. The molecule has 0 amide bonds. The standard InChI is InChI=1S/C23H30N4O2.HI/c1-2-24-23(25-11-9-17-5-7-21-20(13-17)10-12-28-21)27-15-19-6-8-22(26-14-19)29-16-18-3-4-18;/h5-8,13-14,18H,2-4,9-12,15-16H2,1H3,(H2,24,25,27);1H. The minimum atomic E-state index is 0. The van der Waals surface area contributed by atoms with Crippen LogP contribution in [0.3, 0.4) is 0 Å². The third-order valence-corrected chi connectivity index (χ3v) is 5.19. The molecule has 1 aromatic heterocycles. The fourth-order valence-corrected chi connectivity index (χ4v) is 3.31.